The molecule has 0 amide bonds. The van der Waals surface area contributed by atoms with Crippen LogP contribution in [-0.2, 0) is 23.7 Å². The summed E-state index contributed by atoms with van der Waals surface area (Å²) in [4.78, 5) is 51.3. The van der Waals surface area contributed by atoms with Crippen LogP contribution in [0.3, 0.4) is 0 Å². The summed E-state index contributed by atoms with van der Waals surface area (Å²) >= 11 is 0. The van der Waals surface area contributed by atoms with Crippen molar-refractivity contribution in [2.24, 2.45) is 46.3 Å². The fraction of sp³-hybridized carbons (Fsp3) is 0.699. The molecule has 8 fully saturated rings. The number of hydrogen-bond donors (Lipinski definition) is 0. The molecule has 8 saturated carbocycles. The molecule has 0 aliphatic heterocycles. The van der Waals surface area contributed by atoms with Gasteiger partial charge >= 0.3 is 23.9 Å². The average Bonchev–Trinajstić information content (AvgIpc) is 0.734. The lowest BCUT2D eigenvalue weighted by Crippen LogP contribution is -2.59. The fourth-order valence-electron chi connectivity index (χ4n) is 21.0. The summed E-state index contributed by atoms with van der Waals surface area (Å²) < 4.78 is 30.6. The highest BCUT2D eigenvalue weighted by atomic mass is 16.6. The van der Waals surface area contributed by atoms with E-state index in [0.717, 1.165) is 106 Å². The van der Waals surface area contributed by atoms with Crippen LogP contribution in [0.5, 0.6) is 5.75 Å². The standard InChI is InChI=1S/C26H38O2.C23H36O3.C23H34O2.C21H32O2/c1-5-18(4)22-8-10-23(11-9-22)24(27)28-26(6-2,7-3)25-15-19-12-20(16-25)14-21(13-19)17-25;1-5-18(4)19-13-15-21(16-14-19)25-17-22(24)26-23(6-2,7-3)20-11-9-8-10-12-20;1-5-17(4)19-8-10-20(11-9-19)21(24)25-23(6-2,7-3)22-14-12-18(16-22)13-15-22;1-5-16(4)17-12-14-18(15-13-17)20(22)23-21(6-2,7-3)19-10-8-9-11-19/h8-11,18-21H,5-7,12-17H2,1-4H3;13-16,18,20H,5-12,17H2,1-4H3;8-11,17-18H,5-7,12-16H2,1-4H3;12-16,19H,5-11H2,1-4H3. The van der Waals surface area contributed by atoms with Crippen LogP contribution in [-0.4, -0.2) is 52.9 Å². The molecule has 12 rings (SSSR count). The quantitative estimate of drug-likeness (QED) is 0.0372. The summed E-state index contributed by atoms with van der Waals surface area (Å²) in [7, 11) is 0. The van der Waals surface area contributed by atoms with Gasteiger partial charge in [-0.15, -0.1) is 0 Å². The highest BCUT2D eigenvalue weighted by molar-refractivity contribution is 5.91. The minimum atomic E-state index is -0.318. The Morgan fingerprint density at radius 1 is 0.363 bits per heavy atom. The molecule has 4 aromatic rings. The van der Waals surface area contributed by atoms with Gasteiger partial charge in [-0.25, -0.2) is 19.2 Å². The minimum absolute atomic E-state index is 0.0167. The number of carbonyl (C=O) groups is 4. The summed E-state index contributed by atoms with van der Waals surface area (Å²) in [6, 6.07) is 32.3. The Bertz CT molecular complexity index is 3140. The lowest BCUT2D eigenvalue weighted by molar-refractivity contribution is -0.183. The molecule has 102 heavy (non-hydrogen) atoms. The van der Waals surface area contributed by atoms with E-state index < -0.39 is 0 Å². The second-order valence-electron chi connectivity index (χ2n) is 33.5. The molecule has 8 aliphatic rings. The first kappa shape index (κ1) is 82.2. The first-order valence-corrected chi connectivity index (χ1v) is 42.0. The Kier molecular flexibility index (Phi) is 30.4. The van der Waals surface area contributed by atoms with Crippen LogP contribution in [0, 0.1) is 46.3 Å². The largest absolute Gasteiger partial charge is 0.482 e. The molecule has 566 valence electrons. The van der Waals surface area contributed by atoms with Crippen LogP contribution < -0.4 is 4.74 Å². The van der Waals surface area contributed by atoms with E-state index in [-0.39, 0.29) is 63.7 Å². The first-order chi connectivity index (χ1) is 49.0. The highest BCUT2D eigenvalue weighted by Crippen LogP contribution is 2.66. The van der Waals surface area contributed by atoms with E-state index in [0.29, 0.717) is 52.2 Å². The molecule has 4 aromatic carbocycles. The summed E-state index contributed by atoms with van der Waals surface area (Å²) in [6.45, 7) is 35.1. The monoisotopic (exact) mass is 1400 g/mol. The fourth-order valence-corrected chi connectivity index (χ4v) is 21.0. The van der Waals surface area contributed by atoms with E-state index >= 15 is 0 Å². The molecule has 0 heterocycles. The van der Waals surface area contributed by atoms with E-state index in [1.807, 2.05) is 48.5 Å². The molecule has 0 N–H and O–H groups in total. The second-order valence-corrected chi connectivity index (χ2v) is 33.5. The van der Waals surface area contributed by atoms with Crippen molar-refractivity contribution in [1.82, 2.24) is 0 Å². The smallest absolute Gasteiger partial charge is 0.344 e. The van der Waals surface area contributed by atoms with Crippen LogP contribution in [0.4, 0.5) is 0 Å². The third-order valence-electron chi connectivity index (χ3n) is 28.4. The maximum absolute atomic E-state index is 13.2. The predicted molar refractivity (Wildman–Crippen MR) is 420 cm³/mol. The maximum Gasteiger partial charge on any atom is 0.344 e. The van der Waals surface area contributed by atoms with E-state index in [2.05, 4.69) is 159 Å². The van der Waals surface area contributed by atoms with Gasteiger partial charge in [0.05, 0.1) is 16.7 Å². The number of hydrogen-bond acceptors (Lipinski definition) is 9. The topological polar surface area (TPSA) is 114 Å². The van der Waals surface area contributed by atoms with Crippen LogP contribution >= 0.6 is 0 Å². The van der Waals surface area contributed by atoms with Crippen molar-refractivity contribution in [3.8, 4) is 5.75 Å². The third-order valence-corrected chi connectivity index (χ3v) is 28.4. The van der Waals surface area contributed by atoms with Crippen LogP contribution in [0.15, 0.2) is 97.1 Å². The molecule has 0 aromatic heterocycles. The Labute approximate surface area is 620 Å². The van der Waals surface area contributed by atoms with Gasteiger partial charge in [0.1, 0.15) is 28.2 Å². The van der Waals surface area contributed by atoms with Gasteiger partial charge in [-0.1, -0.05) is 191 Å². The van der Waals surface area contributed by atoms with Gasteiger partial charge in [0.2, 0.25) is 0 Å². The second kappa shape index (κ2) is 37.7. The molecule has 4 atom stereocenters. The SMILES string of the molecule is CCC(C)c1ccc(C(=O)OC(CC)(CC)C23CC4CC(CC(C4)C2)C3)cc1.CCC(C)c1ccc(C(=O)OC(CC)(CC)C23CCC(CC2)C3)cc1.CCC(C)c1ccc(C(=O)OC(CC)(CC)C2CCCC2)cc1.CCC(C)c1ccc(OCC(=O)OC(CC)(CC)C2CCCCC2)cc1. The lowest BCUT2D eigenvalue weighted by Gasteiger charge is -2.63. The summed E-state index contributed by atoms with van der Waals surface area (Å²) in [5, 5.41) is 0. The molecule has 0 saturated heterocycles. The van der Waals surface area contributed by atoms with Crippen LogP contribution in [0.25, 0.3) is 0 Å². The molecular weight excluding hydrogens is 1260 g/mol. The van der Waals surface area contributed by atoms with Gasteiger partial charge in [0.25, 0.3) is 0 Å². The Balaban J connectivity index is 0.000000173. The number of carbonyl (C=O) groups excluding carboxylic acids is 4. The minimum Gasteiger partial charge on any atom is -0.482 e. The van der Waals surface area contributed by atoms with Crippen molar-refractivity contribution in [1.29, 1.82) is 0 Å². The van der Waals surface area contributed by atoms with Crippen molar-refractivity contribution in [2.45, 2.75) is 362 Å². The average molecular weight is 1400 g/mol. The molecule has 9 nitrogen and oxygen atoms in total. The number of ether oxygens (including phenoxy) is 5. The zero-order valence-corrected chi connectivity index (χ0v) is 67.0. The van der Waals surface area contributed by atoms with Gasteiger partial charge < -0.3 is 23.7 Å². The Hall–Kier alpha value is -5.44. The molecule has 6 bridgehead atoms. The zero-order chi connectivity index (χ0) is 73.9. The van der Waals surface area contributed by atoms with Crippen LogP contribution in [0.2, 0.25) is 0 Å². The molecule has 4 unspecified atom stereocenters. The van der Waals surface area contributed by atoms with Gasteiger partial charge in [-0.05, 0) is 303 Å². The summed E-state index contributed by atoms with van der Waals surface area (Å²) in [6.07, 6.45) is 37.3. The van der Waals surface area contributed by atoms with E-state index in [1.54, 1.807) is 0 Å². The number of benzene rings is 4. The van der Waals surface area contributed by atoms with Crippen molar-refractivity contribution >= 4 is 23.9 Å². The summed E-state index contributed by atoms with van der Waals surface area (Å²) in [5.41, 5.74) is 6.55. The molecule has 8 aliphatic carbocycles. The lowest BCUT2D eigenvalue weighted by atomic mass is 9.44. The molecule has 0 radical (unpaired) electrons. The van der Waals surface area contributed by atoms with E-state index in [1.165, 1.54) is 151 Å². The number of fused-ring (bicyclic) bond motifs is 2. The van der Waals surface area contributed by atoms with E-state index in [9.17, 15) is 19.2 Å². The van der Waals surface area contributed by atoms with Crippen molar-refractivity contribution in [3.63, 3.8) is 0 Å². The Morgan fingerprint density at radius 2 is 0.667 bits per heavy atom. The Morgan fingerprint density at radius 3 is 0.980 bits per heavy atom. The number of rotatable bonds is 30. The summed E-state index contributed by atoms with van der Waals surface area (Å²) in [5.74, 6) is 6.71. The van der Waals surface area contributed by atoms with Gasteiger partial charge in [-0.3, -0.25) is 0 Å². The van der Waals surface area contributed by atoms with Crippen LogP contribution in [0.1, 0.15) is 393 Å². The van der Waals surface area contributed by atoms with Gasteiger partial charge in [-0.2, -0.15) is 0 Å². The third kappa shape index (κ3) is 19.0. The molecule has 0 spiro atoms. The van der Waals surface area contributed by atoms with Crippen molar-refractivity contribution < 1.29 is 42.9 Å². The van der Waals surface area contributed by atoms with Gasteiger partial charge in [0.15, 0.2) is 6.61 Å². The zero-order valence-electron chi connectivity index (χ0n) is 67.0. The molecular formula is C93H140O9. The van der Waals surface area contributed by atoms with Crippen molar-refractivity contribution in [3.05, 3.63) is 136 Å². The molecule has 9 heteroatoms. The van der Waals surface area contributed by atoms with Gasteiger partial charge in [0, 0.05) is 10.8 Å². The number of esters is 4. The van der Waals surface area contributed by atoms with Crippen molar-refractivity contribution in [2.75, 3.05) is 6.61 Å². The first-order valence-electron chi connectivity index (χ1n) is 42.0. The van der Waals surface area contributed by atoms with E-state index in [4.69, 9.17) is 23.7 Å². The highest BCUT2D eigenvalue weighted by Gasteiger charge is 2.62. The normalized spacial score (nSPS) is 23.6. The maximum atomic E-state index is 13.2. The predicted octanol–water partition coefficient (Wildman–Crippen LogP) is 26.0.